The second-order valence-corrected chi connectivity index (χ2v) is 4.98. The first kappa shape index (κ1) is 10.5. The highest BCUT2D eigenvalue weighted by molar-refractivity contribution is 5.93. The van der Waals surface area contributed by atoms with Crippen molar-refractivity contribution in [3.63, 3.8) is 0 Å². The molecule has 0 saturated carbocycles. The van der Waals surface area contributed by atoms with E-state index >= 15 is 0 Å². The van der Waals surface area contributed by atoms with Gasteiger partial charge in [-0.15, -0.1) is 0 Å². The molecule has 13 heavy (non-hydrogen) atoms. The minimum absolute atomic E-state index is 0.128. The van der Waals surface area contributed by atoms with Crippen molar-refractivity contribution in [2.45, 2.75) is 51.6 Å². The van der Waals surface area contributed by atoms with E-state index < -0.39 is 0 Å². The van der Waals surface area contributed by atoms with Crippen LogP contribution in [0, 0.1) is 0 Å². The average molecular weight is 184 g/mol. The number of hydrogen-bond donors (Lipinski definition) is 1. The molecule has 0 aliphatic carbocycles. The van der Waals surface area contributed by atoms with Crippen LogP contribution in [0.5, 0.6) is 0 Å². The Morgan fingerprint density at radius 3 is 2.31 bits per heavy atom. The molecule has 0 spiro atoms. The topological polar surface area (TPSA) is 35.8 Å². The van der Waals surface area contributed by atoms with Crippen LogP contribution in [0.25, 0.3) is 0 Å². The Bertz CT molecular complexity index is 231. The zero-order chi connectivity index (χ0) is 10.3. The van der Waals surface area contributed by atoms with E-state index in [1.165, 1.54) is 0 Å². The van der Waals surface area contributed by atoms with Crippen LogP contribution in [0.2, 0.25) is 0 Å². The predicted octanol–water partition coefficient (Wildman–Crippen LogP) is 2.10. The van der Waals surface area contributed by atoms with Crippen molar-refractivity contribution in [3.05, 3.63) is 0 Å². The van der Waals surface area contributed by atoms with Gasteiger partial charge in [0.25, 0.3) is 0 Å². The molecule has 3 heteroatoms. The van der Waals surface area contributed by atoms with Crippen molar-refractivity contribution in [1.82, 2.24) is 4.90 Å². The summed E-state index contributed by atoms with van der Waals surface area (Å²) in [5.74, 6) is 0. The summed E-state index contributed by atoms with van der Waals surface area (Å²) < 4.78 is 0. The van der Waals surface area contributed by atoms with Gasteiger partial charge in [-0.05, 0) is 47.6 Å². The second-order valence-electron chi connectivity index (χ2n) is 4.98. The largest absolute Gasteiger partial charge is 0.411 e. The Labute approximate surface area is 80.4 Å². The predicted molar refractivity (Wildman–Crippen MR) is 54.4 cm³/mol. The normalized spacial score (nSPS) is 30.7. The lowest BCUT2D eigenvalue weighted by Gasteiger charge is -2.50. The highest BCUT2D eigenvalue weighted by Crippen LogP contribution is 2.34. The van der Waals surface area contributed by atoms with Crippen LogP contribution >= 0.6 is 0 Å². The summed E-state index contributed by atoms with van der Waals surface area (Å²) in [7, 11) is 2.09. The number of oxime groups is 1. The average Bonchev–Trinajstić information content (AvgIpc) is 2.01. The molecule has 1 rings (SSSR count). The molecule has 3 nitrogen and oxygen atoms in total. The molecule has 0 aromatic rings. The van der Waals surface area contributed by atoms with Gasteiger partial charge < -0.3 is 5.21 Å². The van der Waals surface area contributed by atoms with Gasteiger partial charge in [-0.2, -0.15) is 0 Å². The van der Waals surface area contributed by atoms with Crippen molar-refractivity contribution in [3.8, 4) is 0 Å². The van der Waals surface area contributed by atoms with Crippen LogP contribution in [-0.4, -0.2) is 33.9 Å². The molecule has 1 N–H and O–H groups in total. The zero-order valence-corrected chi connectivity index (χ0v) is 9.26. The summed E-state index contributed by atoms with van der Waals surface area (Å²) in [6, 6.07) is 0. The van der Waals surface area contributed by atoms with Crippen LogP contribution in [0.15, 0.2) is 5.16 Å². The molecule has 0 bridgehead atoms. The maximum atomic E-state index is 8.88. The Balaban J connectivity index is 2.99. The summed E-state index contributed by atoms with van der Waals surface area (Å²) in [6.45, 7) is 8.65. The molecule has 0 radical (unpaired) electrons. The molecule has 1 aliphatic rings. The van der Waals surface area contributed by atoms with E-state index in [1.54, 1.807) is 0 Å². The molecule has 1 aliphatic heterocycles. The van der Waals surface area contributed by atoms with Gasteiger partial charge in [-0.3, -0.25) is 4.90 Å². The number of nitrogens with zero attached hydrogens (tertiary/aromatic N) is 2. The van der Waals surface area contributed by atoms with Crippen LogP contribution in [-0.2, 0) is 0 Å². The lowest BCUT2D eigenvalue weighted by molar-refractivity contribution is 0.0595. The quantitative estimate of drug-likeness (QED) is 0.462. The van der Waals surface area contributed by atoms with E-state index in [0.29, 0.717) is 0 Å². The number of hydrogen-bond acceptors (Lipinski definition) is 3. The minimum Gasteiger partial charge on any atom is -0.411 e. The van der Waals surface area contributed by atoms with Gasteiger partial charge in [-0.25, -0.2) is 0 Å². The molecular weight excluding hydrogens is 164 g/mol. The Hall–Kier alpha value is -0.570. The Morgan fingerprint density at radius 2 is 1.85 bits per heavy atom. The smallest absolute Gasteiger partial charge is 0.0768 e. The van der Waals surface area contributed by atoms with E-state index in [-0.39, 0.29) is 11.1 Å². The molecule has 0 unspecified atom stereocenters. The summed E-state index contributed by atoms with van der Waals surface area (Å²) in [5, 5.41) is 12.3. The molecule has 76 valence electrons. The van der Waals surface area contributed by atoms with Crippen molar-refractivity contribution < 1.29 is 5.21 Å². The van der Waals surface area contributed by atoms with Gasteiger partial charge in [0.05, 0.1) is 11.3 Å². The standard InChI is InChI=1S/C10H20N2O/c1-9(2)7-6-8(11-13)10(3,4)12(9)5/h13H,6-7H2,1-5H3. The summed E-state index contributed by atoms with van der Waals surface area (Å²) in [5.41, 5.74) is 0.947. The molecule has 0 amide bonds. The van der Waals surface area contributed by atoms with Crippen LogP contribution in [0.4, 0.5) is 0 Å². The SMILES string of the molecule is CN1C(C)(C)CCC(=NO)C1(C)C. The second kappa shape index (κ2) is 2.98. The lowest BCUT2D eigenvalue weighted by Crippen LogP contribution is -2.60. The summed E-state index contributed by atoms with van der Waals surface area (Å²) >= 11 is 0. The van der Waals surface area contributed by atoms with Crippen LogP contribution in [0.1, 0.15) is 40.5 Å². The first-order valence-corrected chi connectivity index (χ1v) is 4.78. The molecule has 1 saturated heterocycles. The molecular formula is C10H20N2O. The monoisotopic (exact) mass is 184 g/mol. The van der Waals surface area contributed by atoms with Crippen molar-refractivity contribution in [2.75, 3.05) is 7.05 Å². The van der Waals surface area contributed by atoms with Crippen molar-refractivity contribution in [2.24, 2.45) is 5.16 Å². The van der Waals surface area contributed by atoms with Gasteiger partial charge in [0.2, 0.25) is 0 Å². The highest BCUT2D eigenvalue weighted by atomic mass is 16.4. The third-order valence-electron chi connectivity index (χ3n) is 3.55. The van der Waals surface area contributed by atoms with Gasteiger partial charge in [-0.1, -0.05) is 5.16 Å². The lowest BCUT2D eigenvalue weighted by atomic mass is 9.79. The molecule has 0 aromatic carbocycles. The molecule has 0 atom stereocenters. The summed E-state index contributed by atoms with van der Waals surface area (Å²) in [4.78, 5) is 2.28. The maximum absolute atomic E-state index is 8.88. The fourth-order valence-corrected chi connectivity index (χ4v) is 2.02. The van der Waals surface area contributed by atoms with E-state index in [1.807, 2.05) is 0 Å². The first-order chi connectivity index (χ1) is 5.82. The number of likely N-dealkylation sites (tertiary alicyclic amines) is 1. The van der Waals surface area contributed by atoms with Crippen LogP contribution < -0.4 is 0 Å². The van der Waals surface area contributed by atoms with Crippen molar-refractivity contribution >= 4 is 5.71 Å². The highest BCUT2D eigenvalue weighted by Gasteiger charge is 2.42. The van der Waals surface area contributed by atoms with E-state index in [4.69, 9.17) is 5.21 Å². The third-order valence-corrected chi connectivity index (χ3v) is 3.55. The van der Waals surface area contributed by atoms with Gasteiger partial charge >= 0.3 is 0 Å². The summed E-state index contributed by atoms with van der Waals surface area (Å²) in [6.07, 6.45) is 1.94. The number of piperidine rings is 1. The molecule has 0 aromatic heterocycles. The Morgan fingerprint density at radius 1 is 1.31 bits per heavy atom. The number of rotatable bonds is 0. The fraction of sp³-hybridized carbons (Fsp3) is 0.900. The van der Waals surface area contributed by atoms with E-state index in [0.717, 1.165) is 18.6 Å². The first-order valence-electron chi connectivity index (χ1n) is 4.78. The van der Waals surface area contributed by atoms with E-state index in [2.05, 4.69) is 44.8 Å². The van der Waals surface area contributed by atoms with Gasteiger partial charge in [0.1, 0.15) is 0 Å². The minimum atomic E-state index is -0.128. The van der Waals surface area contributed by atoms with E-state index in [9.17, 15) is 0 Å². The zero-order valence-electron chi connectivity index (χ0n) is 9.26. The molecule has 1 heterocycles. The van der Waals surface area contributed by atoms with Crippen LogP contribution in [0.3, 0.4) is 0 Å². The third kappa shape index (κ3) is 1.57. The van der Waals surface area contributed by atoms with Gasteiger partial charge in [0, 0.05) is 5.54 Å². The van der Waals surface area contributed by atoms with Gasteiger partial charge in [0.15, 0.2) is 0 Å². The Kier molecular flexibility index (Phi) is 2.41. The maximum Gasteiger partial charge on any atom is 0.0768 e. The van der Waals surface area contributed by atoms with Crippen molar-refractivity contribution in [1.29, 1.82) is 0 Å². The fourth-order valence-electron chi connectivity index (χ4n) is 2.02. The molecule has 1 fully saturated rings.